The first-order chi connectivity index (χ1) is 19.0. The Morgan fingerprint density at radius 2 is 1.88 bits per heavy atom. The fourth-order valence-corrected chi connectivity index (χ4v) is 6.41. The summed E-state index contributed by atoms with van der Waals surface area (Å²) in [5.41, 5.74) is 1.54. The molecule has 1 aliphatic heterocycles. The molecule has 1 unspecified atom stereocenters. The molecule has 2 N–H and O–H groups in total. The lowest BCUT2D eigenvalue weighted by molar-refractivity contribution is -0.192. The van der Waals surface area contributed by atoms with Gasteiger partial charge in [0.15, 0.2) is 0 Å². The van der Waals surface area contributed by atoms with Crippen LogP contribution in [0.3, 0.4) is 0 Å². The van der Waals surface area contributed by atoms with Crippen LogP contribution in [0.2, 0.25) is 0 Å². The summed E-state index contributed by atoms with van der Waals surface area (Å²) in [5, 5.41) is 3.74. The van der Waals surface area contributed by atoms with Gasteiger partial charge in [-0.3, -0.25) is 9.59 Å². The van der Waals surface area contributed by atoms with E-state index in [1.54, 1.807) is 13.0 Å². The van der Waals surface area contributed by atoms with Gasteiger partial charge in [-0.15, -0.1) is 0 Å². The van der Waals surface area contributed by atoms with Gasteiger partial charge in [0.05, 0.1) is 30.2 Å². The zero-order valence-corrected chi connectivity index (χ0v) is 23.5. The molecule has 1 aliphatic carbocycles. The molecule has 2 fully saturated rings. The van der Waals surface area contributed by atoms with Gasteiger partial charge >= 0.3 is 6.18 Å². The van der Waals surface area contributed by atoms with E-state index in [1.807, 2.05) is 36.1 Å². The van der Waals surface area contributed by atoms with Gasteiger partial charge in [0.25, 0.3) is 11.5 Å². The minimum Gasteiger partial charge on any atom is -0.496 e. The van der Waals surface area contributed by atoms with Crippen molar-refractivity contribution in [2.45, 2.75) is 65.2 Å². The van der Waals surface area contributed by atoms with Crippen LogP contribution < -0.4 is 15.6 Å². The van der Waals surface area contributed by atoms with Crippen molar-refractivity contribution < 1.29 is 22.7 Å². The molecule has 7 nitrogen and oxygen atoms in total. The topological polar surface area (TPSA) is 79.4 Å². The van der Waals surface area contributed by atoms with Gasteiger partial charge in [-0.05, 0) is 77.6 Å². The SMILES string of the molecule is COc1cc(C)[nH]c(=O)c1CNC(=O)c1c(C)n(C(C)C2CCN(CC3(C(F)(F)F)CC3)CC2)c2ccccc12. The number of methoxy groups -OCH3 is 1. The highest BCUT2D eigenvalue weighted by atomic mass is 19.4. The summed E-state index contributed by atoms with van der Waals surface area (Å²) in [4.78, 5) is 30.8. The third-order valence-corrected chi connectivity index (χ3v) is 8.96. The number of carbonyl (C=O) groups is 1. The first kappa shape index (κ1) is 28.3. The van der Waals surface area contributed by atoms with Gasteiger partial charge < -0.3 is 24.5 Å². The molecule has 216 valence electrons. The van der Waals surface area contributed by atoms with Crippen molar-refractivity contribution in [2.24, 2.45) is 11.3 Å². The number of aromatic amines is 1. The number of aryl methyl sites for hydroxylation is 1. The molecule has 1 aromatic carbocycles. The van der Waals surface area contributed by atoms with Gasteiger partial charge in [0.2, 0.25) is 0 Å². The van der Waals surface area contributed by atoms with Crippen molar-refractivity contribution in [2.75, 3.05) is 26.7 Å². The zero-order chi connectivity index (χ0) is 28.8. The van der Waals surface area contributed by atoms with Crippen molar-refractivity contribution in [3.05, 3.63) is 63.2 Å². The number of pyridine rings is 1. The summed E-state index contributed by atoms with van der Waals surface area (Å²) < 4.78 is 48.0. The van der Waals surface area contributed by atoms with E-state index in [2.05, 4.69) is 21.8 Å². The predicted octanol–water partition coefficient (Wildman–Crippen LogP) is 5.50. The number of fused-ring (bicyclic) bond motifs is 1. The van der Waals surface area contributed by atoms with Crippen molar-refractivity contribution in [3.8, 4) is 5.75 Å². The average molecular weight is 559 g/mol. The van der Waals surface area contributed by atoms with E-state index >= 15 is 0 Å². The van der Waals surface area contributed by atoms with E-state index < -0.39 is 11.6 Å². The first-order valence-electron chi connectivity index (χ1n) is 13.9. The molecule has 5 rings (SSSR count). The van der Waals surface area contributed by atoms with E-state index in [-0.39, 0.29) is 49.4 Å². The number of alkyl halides is 3. The van der Waals surface area contributed by atoms with Crippen LogP contribution in [0.25, 0.3) is 10.9 Å². The Kier molecular flexibility index (Phi) is 7.50. The molecule has 1 atom stereocenters. The van der Waals surface area contributed by atoms with Gasteiger partial charge in [-0.2, -0.15) is 13.2 Å². The summed E-state index contributed by atoms with van der Waals surface area (Å²) in [5.74, 6) is 0.417. The number of hydrogen-bond donors (Lipinski definition) is 2. The highest BCUT2D eigenvalue weighted by molar-refractivity contribution is 6.08. The van der Waals surface area contributed by atoms with E-state index in [4.69, 9.17) is 4.74 Å². The molecule has 3 heterocycles. The number of aromatic nitrogens is 2. The van der Waals surface area contributed by atoms with Crippen LogP contribution in [0, 0.1) is 25.2 Å². The first-order valence-corrected chi connectivity index (χ1v) is 13.9. The highest BCUT2D eigenvalue weighted by Gasteiger charge is 2.63. The Morgan fingerprint density at radius 1 is 1.20 bits per heavy atom. The van der Waals surface area contributed by atoms with Crippen molar-refractivity contribution >= 4 is 16.8 Å². The molecule has 10 heteroatoms. The smallest absolute Gasteiger partial charge is 0.395 e. The molecule has 0 bridgehead atoms. The standard InChI is InChI=1S/C30H37F3N4O3/c1-18-15-25(40-4)23(27(38)35-18)16-34-28(39)26-20(3)37(24-8-6-5-7-22(24)26)19(2)21-9-13-36(14-10-21)17-29(11-12-29)30(31,32)33/h5-8,15,19,21H,9-14,16-17H2,1-4H3,(H,34,39)(H,35,38). The molecular weight excluding hydrogens is 521 g/mol. The molecule has 1 amide bonds. The number of nitrogens with zero attached hydrogens (tertiary/aromatic N) is 2. The lowest BCUT2D eigenvalue weighted by atomic mass is 9.89. The van der Waals surface area contributed by atoms with Crippen molar-refractivity contribution in [1.29, 1.82) is 0 Å². The van der Waals surface area contributed by atoms with Crippen LogP contribution in [-0.4, -0.2) is 53.3 Å². The fraction of sp³-hybridized carbons (Fsp3) is 0.533. The molecule has 3 aromatic rings. The number of hydrogen-bond acceptors (Lipinski definition) is 4. The Labute approximate surface area is 231 Å². The lowest BCUT2D eigenvalue weighted by Crippen LogP contribution is -2.43. The predicted molar refractivity (Wildman–Crippen MR) is 148 cm³/mol. The third kappa shape index (κ3) is 5.13. The number of carbonyl (C=O) groups excluding carboxylic acids is 1. The van der Waals surface area contributed by atoms with Crippen molar-refractivity contribution in [1.82, 2.24) is 19.8 Å². The molecule has 0 spiro atoms. The maximum Gasteiger partial charge on any atom is 0.395 e. The Balaban J connectivity index is 1.34. The number of likely N-dealkylation sites (tertiary alicyclic amines) is 1. The minimum atomic E-state index is -4.13. The quantitative estimate of drug-likeness (QED) is 0.383. The summed E-state index contributed by atoms with van der Waals surface area (Å²) in [6.45, 7) is 7.24. The van der Waals surface area contributed by atoms with Crippen LogP contribution in [-0.2, 0) is 6.54 Å². The number of para-hydroxylation sites is 1. The van der Waals surface area contributed by atoms with Crippen LogP contribution in [0.4, 0.5) is 13.2 Å². The molecule has 2 aliphatic rings. The summed E-state index contributed by atoms with van der Waals surface area (Å²) in [7, 11) is 1.49. The van der Waals surface area contributed by atoms with E-state index in [0.29, 0.717) is 35.7 Å². The lowest BCUT2D eigenvalue weighted by Gasteiger charge is -2.38. The maximum atomic E-state index is 13.5. The second kappa shape index (κ2) is 10.6. The number of benzene rings is 1. The number of amides is 1. The molecule has 1 saturated carbocycles. The molecule has 2 aromatic heterocycles. The Hall–Kier alpha value is -3.27. The molecule has 1 saturated heterocycles. The normalized spacial score (nSPS) is 18.6. The van der Waals surface area contributed by atoms with E-state index in [9.17, 15) is 22.8 Å². The van der Waals surface area contributed by atoms with Crippen LogP contribution in [0.5, 0.6) is 5.75 Å². The number of ether oxygens (including phenoxy) is 1. The van der Waals surface area contributed by atoms with Crippen LogP contribution in [0.15, 0.2) is 35.1 Å². The average Bonchev–Trinajstić information content (AvgIpc) is 3.64. The molecule has 0 radical (unpaired) electrons. The molecular formula is C30H37F3N4O3. The van der Waals surface area contributed by atoms with Gasteiger partial charge in [-0.1, -0.05) is 18.2 Å². The Morgan fingerprint density at radius 3 is 2.50 bits per heavy atom. The summed E-state index contributed by atoms with van der Waals surface area (Å²) in [6, 6.07) is 9.55. The largest absolute Gasteiger partial charge is 0.496 e. The monoisotopic (exact) mass is 558 g/mol. The fourth-order valence-electron chi connectivity index (χ4n) is 6.41. The van der Waals surface area contributed by atoms with Gasteiger partial charge in [0.1, 0.15) is 5.75 Å². The van der Waals surface area contributed by atoms with Crippen LogP contribution >= 0.6 is 0 Å². The zero-order valence-electron chi connectivity index (χ0n) is 23.5. The highest BCUT2D eigenvalue weighted by Crippen LogP contribution is 2.58. The van der Waals surface area contributed by atoms with E-state index in [0.717, 1.165) is 29.4 Å². The van der Waals surface area contributed by atoms with Gasteiger partial charge in [0, 0.05) is 34.9 Å². The Bertz CT molecular complexity index is 1460. The second-order valence-corrected chi connectivity index (χ2v) is 11.5. The van der Waals surface area contributed by atoms with E-state index in [1.165, 1.54) is 7.11 Å². The van der Waals surface area contributed by atoms with Gasteiger partial charge in [-0.25, -0.2) is 0 Å². The minimum absolute atomic E-state index is 0.0179. The third-order valence-electron chi connectivity index (χ3n) is 8.96. The number of nitrogens with one attached hydrogen (secondary N) is 2. The second-order valence-electron chi connectivity index (χ2n) is 11.5. The number of H-pyrrole nitrogens is 1. The summed E-state index contributed by atoms with van der Waals surface area (Å²) in [6.07, 6.45) is -2.06. The summed E-state index contributed by atoms with van der Waals surface area (Å²) >= 11 is 0. The van der Waals surface area contributed by atoms with Crippen molar-refractivity contribution in [3.63, 3.8) is 0 Å². The maximum absolute atomic E-state index is 13.5. The number of halogens is 3. The molecule has 40 heavy (non-hydrogen) atoms. The number of piperidine rings is 1. The van der Waals surface area contributed by atoms with Crippen LogP contribution in [0.1, 0.15) is 66.0 Å². The number of rotatable bonds is 8.